The highest BCUT2D eigenvalue weighted by Gasteiger charge is 2.25. The molecule has 0 atom stereocenters. The van der Waals surface area contributed by atoms with Gasteiger partial charge in [-0.3, -0.25) is 14.3 Å². The summed E-state index contributed by atoms with van der Waals surface area (Å²) in [5.74, 6) is 1.17. The first-order valence-electron chi connectivity index (χ1n) is 12.9. The van der Waals surface area contributed by atoms with Crippen molar-refractivity contribution in [2.45, 2.75) is 39.2 Å². The van der Waals surface area contributed by atoms with Crippen LogP contribution in [0.5, 0.6) is 0 Å². The second-order valence-electron chi connectivity index (χ2n) is 10.0. The number of piperidine rings is 1. The Kier molecular flexibility index (Phi) is 7.58. The Hall–Kier alpha value is -2.90. The van der Waals surface area contributed by atoms with E-state index in [4.69, 9.17) is 21.4 Å². The number of benzene rings is 2. The zero-order valence-electron chi connectivity index (χ0n) is 20.7. The standard InChI is InChI=1S/C28H33ClN4O3/c1-19-24(27(34)30-12-15-36-18-21-2-3-21)8-9-26-25(19)17-33(31-26)16-20-10-13-32(14-11-20)28(35)22-4-6-23(29)7-5-22/h4-9,17,20-21H,2-3,10-16,18H2,1H3,(H,30,34). The minimum atomic E-state index is -0.0742. The number of halogens is 1. The molecule has 0 unspecified atom stereocenters. The van der Waals surface area contributed by atoms with Crippen LogP contribution in [0.15, 0.2) is 42.6 Å². The first-order chi connectivity index (χ1) is 17.5. The van der Waals surface area contributed by atoms with E-state index in [9.17, 15) is 9.59 Å². The number of amides is 2. The van der Waals surface area contributed by atoms with Crippen LogP contribution in [-0.4, -0.2) is 59.3 Å². The van der Waals surface area contributed by atoms with Gasteiger partial charge in [0.1, 0.15) is 0 Å². The maximum absolute atomic E-state index is 12.8. The third-order valence-corrected chi connectivity index (χ3v) is 7.52. The van der Waals surface area contributed by atoms with Crippen LogP contribution in [0.4, 0.5) is 0 Å². The molecule has 1 aromatic heterocycles. The number of fused-ring (bicyclic) bond motifs is 1. The molecule has 0 radical (unpaired) electrons. The SMILES string of the molecule is Cc1c(C(=O)NCCOCC2CC2)ccc2nn(CC3CCN(C(=O)c4ccc(Cl)cc4)CC3)cc12. The van der Waals surface area contributed by atoms with Gasteiger partial charge in [0.05, 0.1) is 12.1 Å². The molecule has 36 heavy (non-hydrogen) atoms. The quantitative estimate of drug-likeness (QED) is 0.425. The topological polar surface area (TPSA) is 76.5 Å². The van der Waals surface area contributed by atoms with E-state index in [-0.39, 0.29) is 11.8 Å². The summed E-state index contributed by atoms with van der Waals surface area (Å²) in [5.41, 5.74) is 3.20. The Labute approximate surface area is 216 Å². The lowest BCUT2D eigenvalue weighted by Gasteiger charge is -2.32. The number of hydrogen-bond donors (Lipinski definition) is 1. The Bertz CT molecular complexity index is 1230. The first-order valence-corrected chi connectivity index (χ1v) is 13.2. The number of rotatable bonds is 9. The van der Waals surface area contributed by atoms with Gasteiger partial charge in [0.25, 0.3) is 11.8 Å². The average molecular weight is 509 g/mol. The van der Waals surface area contributed by atoms with E-state index in [1.807, 2.05) is 34.8 Å². The molecule has 2 amide bonds. The summed E-state index contributed by atoms with van der Waals surface area (Å²) in [6.07, 6.45) is 6.45. The van der Waals surface area contributed by atoms with E-state index in [0.29, 0.717) is 35.2 Å². The molecular weight excluding hydrogens is 476 g/mol. The van der Waals surface area contributed by atoms with Crippen LogP contribution >= 0.6 is 11.6 Å². The van der Waals surface area contributed by atoms with Crippen LogP contribution in [0, 0.1) is 18.8 Å². The van der Waals surface area contributed by atoms with Crippen LogP contribution in [0.25, 0.3) is 10.9 Å². The maximum Gasteiger partial charge on any atom is 0.253 e. The number of ether oxygens (including phenoxy) is 1. The summed E-state index contributed by atoms with van der Waals surface area (Å²) in [6.45, 7) is 6.12. The molecule has 2 aromatic carbocycles. The Morgan fingerprint density at radius 3 is 2.53 bits per heavy atom. The molecule has 0 spiro atoms. The smallest absolute Gasteiger partial charge is 0.253 e. The molecule has 1 N–H and O–H groups in total. The van der Waals surface area contributed by atoms with Crippen LogP contribution < -0.4 is 5.32 Å². The fraction of sp³-hybridized carbons (Fsp3) is 0.464. The molecule has 1 saturated carbocycles. The second kappa shape index (κ2) is 11.0. The van der Waals surface area contributed by atoms with Gasteiger partial charge < -0.3 is 15.0 Å². The molecule has 0 bridgehead atoms. The van der Waals surface area contributed by atoms with Gasteiger partial charge in [-0.25, -0.2) is 0 Å². The summed E-state index contributed by atoms with van der Waals surface area (Å²) >= 11 is 5.94. The van der Waals surface area contributed by atoms with Crippen molar-refractivity contribution in [3.63, 3.8) is 0 Å². The van der Waals surface area contributed by atoms with Crippen molar-refractivity contribution in [1.29, 1.82) is 0 Å². The largest absolute Gasteiger partial charge is 0.379 e. The Balaban J connectivity index is 1.14. The van der Waals surface area contributed by atoms with Crippen molar-refractivity contribution >= 4 is 34.3 Å². The number of carbonyl (C=O) groups is 2. The van der Waals surface area contributed by atoms with Crippen molar-refractivity contribution in [2.24, 2.45) is 11.8 Å². The van der Waals surface area contributed by atoms with E-state index >= 15 is 0 Å². The maximum atomic E-state index is 12.8. The summed E-state index contributed by atoms with van der Waals surface area (Å²) < 4.78 is 7.60. The number of likely N-dealkylation sites (tertiary alicyclic amines) is 1. The number of aromatic nitrogens is 2. The minimum absolute atomic E-state index is 0.0610. The molecule has 1 saturated heterocycles. The number of nitrogens with one attached hydrogen (secondary N) is 1. The van der Waals surface area contributed by atoms with Crippen LogP contribution in [-0.2, 0) is 11.3 Å². The number of hydrogen-bond acceptors (Lipinski definition) is 4. The van der Waals surface area contributed by atoms with E-state index in [2.05, 4.69) is 5.32 Å². The highest BCUT2D eigenvalue weighted by atomic mass is 35.5. The highest BCUT2D eigenvalue weighted by Crippen LogP contribution is 2.28. The summed E-state index contributed by atoms with van der Waals surface area (Å²) in [6, 6.07) is 10.9. The van der Waals surface area contributed by atoms with E-state index < -0.39 is 0 Å². The van der Waals surface area contributed by atoms with Gasteiger partial charge in [-0.05, 0) is 86.4 Å². The predicted molar refractivity (Wildman–Crippen MR) is 140 cm³/mol. The van der Waals surface area contributed by atoms with Crippen LogP contribution in [0.3, 0.4) is 0 Å². The lowest BCUT2D eigenvalue weighted by molar-refractivity contribution is 0.0681. The van der Waals surface area contributed by atoms with Crippen molar-refractivity contribution in [1.82, 2.24) is 20.0 Å². The number of aryl methyl sites for hydroxylation is 1. The zero-order chi connectivity index (χ0) is 25.1. The Morgan fingerprint density at radius 2 is 1.81 bits per heavy atom. The van der Waals surface area contributed by atoms with Gasteiger partial charge in [-0.15, -0.1) is 0 Å². The van der Waals surface area contributed by atoms with Crippen LogP contribution in [0.2, 0.25) is 5.02 Å². The molecular formula is C28H33ClN4O3. The molecule has 8 heteroatoms. The van der Waals surface area contributed by atoms with Gasteiger partial charge in [0.2, 0.25) is 0 Å². The van der Waals surface area contributed by atoms with Crippen molar-refractivity contribution in [3.8, 4) is 0 Å². The summed E-state index contributed by atoms with van der Waals surface area (Å²) in [4.78, 5) is 27.4. The van der Waals surface area contributed by atoms with Crippen molar-refractivity contribution in [2.75, 3.05) is 32.8 Å². The fourth-order valence-electron chi connectivity index (χ4n) is 4.84. The third-order valence-electron chi connectivity index (χ3n) is 7.27. The van der Waals surface area contributed by atoms with Crippen molar-refractivity contribution < 1.29 is 14.3 Å². The number of carbonyl (C=O) groups excluding carboxylic acids is 2. The summed E-state index contributed by atoms with van der Waals surface area (Å²) in [5, 5.41) is 9.36. The molecule has 2 fully saturated rings. The lowest BCUT2D eigenvalue weighted by atomic mass is 9.96. The van der Waals surface area contributed by atoms with Gasteiger partial charge >= 0.3 is 0 Å². The fourth-order valence-corrected chi connectivity index (χ4v) is 4.97. The zero-order valence-corrected chi connectivity index (χ0v) is 21.5. The minimum Gasteiger partial charge on any atom is -0.379 e. The molecule has 190 valence electrons. The average Bonchev–Trinajstić information content (AvgIpc) is 3.62. The summed E-state index contributed by atoms with van der Waals surface area (Å²) in [7, 11) is 0. The molecule has 1 aliphatic heterocycles. The van der Waals surface area contributed by atoms with Gasteiger partial charge in [-0.1, -0.05) is 11.6 Å². The normalized spacial score (nSPS) is 16.4. The Morgan fingerprint density at radius 1 is 1.06 bits per heavy atom. The van der Waals surface area contributed by atoms with Gasteiger partial charge in [-0.2, -0.15) is 5.10 Å². The lowest BCUT2D eigenvalue weighted by Crippen LogP contribution is -2.39. The third kappa shape index (κ3) is 5.90. The predicted octanol–water partition coefficient (Wildman–Crippen LogP) is 4.71. The van der Waals surface area contributed by atoms with Gasteiger partial charge in [0.15, 0.2) is 0 Å². The molecule has 2 aliphatic rings. The van der Waals surface area contributed by atoms with Gasteiger partial charge in [0, 0.05) is 60.5 Å². The molecule has 1 aliphatic carbocycles. The van der Waals surface area contributed by atoms with E-state index in [1.54, 1.807) is 24.3 Å². The first kappa shape index (κ1) is 24.8. The van der Waals surface area contributed by atoms with Crippen molar-refractivity contribution in [3.05, 3.63) is 64.3 Å². The molecule has 2 heterocycles. The number of nitrogens with zero attached hydrogens (tertiary/aromatic N) is 3. The molecule has 5 rings (SSSR count). The second-order valence-corrected chi connectivity index (χ2v) is 10.5. The van der Waals surface area contributed by atoms with E-state index in [1.165, 1.54) is 12.8 Å². The molecule has 7 nitrogen and oxygen atoms in total. The molecule has 3 aromatic rings. The monoisotopic (exact) mass is 508 g/mol. The van der Waals surface area contributed by atoms with Crippen LogP contribution in [0.1, 0.15) is 52.0 Å². The highest BCUT2D eigenvalue weighted by molar-refractivity contribution is 6.30. The van der Waals surface area contributed by atoms with E-state index in [0.717, 1.165) is 61.5 Å².